The second kappa shape index (κ2) is 5.65. The molecule has 5 nitrogen and oxygen atoms in total. The Labute approximate surface area is 142 Å². The number of likely N-dealkylation sites (tertiary alicyclic amines) is 1. The average molecular weight is 328 g/mol. The number of piperidine rings is 1. The van der Waals surface area contributed by atoms with Crippen LogP contribution in [-0.2, 0) is 15.0 Å². The maximum Gasteiger partial charge on any atom is 0.313 e. The zero-order valence-electron chi connectivity index (χ0n) is 14.4. The van der Waals surface area contributed by atoms with Crippen molar-refractivity contribution in [3.05, 3.63) is 41.7 Å². The van der Waals surface area contributed by atoms with Crippen LogP contribution in [0, 0.1) is 5.41 Å². The van der Waals surface area contributed by atoms with Crippen molar-refractivity contribution in [2.45, 2.75) is 39.0 Å². The van der Waals surface area contributed by atoms with Crippen LogP contribution in [0.2, 0.25) is 0 Å². The third-order valence-electron chi connectivity index (χ3n) is 4.96. The molecule has 1 saturated heterocycles. The lowest BCUT2D eigenvalue weighted by Gasteiger charge is -2.32. The van der Waals surface area contributed by atoms with Gasteiger partial charge in [-0.3, -0.25) is 9.59 Å². The average Bonchev–Trinajstić information content (AvgIpc) is 3.15. The first-order chi connectivity index (χ1) is 11.2. The highest BCUT2D eigenvalue weighted by molar-refractivity contribution is 6.39. The molecule has 1 aromatic carbocycles. The summed E-state index contributed by atoms with van der Waals surface area (Å²) in [6.45, 7) is 7.19. The second-order valence-corrected chi connectivity index (χ2v) is 7.73. The normalized spacial score (nSPS) is 19.0. The number of rotatable bonds is 1. The van der Waals surface area contributed by atoms with E-state index < -0.39 is 11.8 Å². The molecule has 1 aromatic rings. The van der Waals surface area contributed by atoms with Gasteiger partial charge in [0.05, 0.1) is 11.2 Å². The Bertz CT molecular complexity index is 708. The maximum absolute atomic E-state index is 12.4. The van der Waals surface area contributed by atoms with Gasteiger partial charge in [-0.25, -0.2) is 0 Å². The minimum absolute atomic E-state index is 0.125. The molecule has 24 heavy (non-hydrogen) atoms. The molecule has 1 aliphatic carbocycles. The third-order valence-corrected chi connectivity index (χ3v) is 4.96. The number of carbonyl (C=O) groups excluding carboxylic acids is 2. The first-order valence-electron chi connectivity index (χ1n) is 8.35. The van der Waals surface area contributed by atoms with Crippen molar-refractivity contribution in [1.82, 2.24) is 4.90 Å². The highest BCUT2D eigenvalue weighted by atomic mass is 16.3. The lowest BCUT2D eigenvalue weighted by Crippen LogP contribution is -2.45. The van der Waals surface area contributed by atoms with Gasteiger partial charge < -0.3 is 15.3 Å². The van der Waals surface area contributed by atoms with E-state index in [2.05, 4.69) is 26.1 Å². The molecule has 0 bridgehead atoms. The maximum atomic E-state index is 12.4. The summed E-state index contributed by atoms with van der Waals surface area (Å²) in [5.41, 5.74) is 1.36. The van der Waals surface area contributed by atoms with Crippen LogP contribution in [0.1, 0.15) is 39.2 Å². The molecule has 3 rings (SSSR count). The molecule has 2 aliphatic rings. The Hall–Kier alpha value is -2.30. The van der Waals surface area contributed by atoms with E-state index in [0.29, 0.717) is 37.4 Å². The summed E-state index contributed by atoms with van der Waals surface area (Å²) in [4.78, 5) is 26.3. The summed E-state index contributed by atoms with van der Waals surface area (Å²) in [5, 5.41) is 12.3. The van der Waals surface area contributed by atoms with Gasteiger partial charge in [0.2, 0.25) is 0 Å². The topological polar surface area (TPSA) is 69.6 Å². The Kier molecular flexibility index (Phi) is 3.90. The number of nitrogens with zero attached hydrogens (tertiary/aromatic N) is 1. The minimum Gasteiger partial charge on any atom is -0.512 e. The second-order valence-electron chi connectivity index (χ2n) is 7.73. The first kappa shape index (κ1) is 16.6. The van der Waals surface area contributed by atoms with E-state index >= 15 is 0 Å². The predicted octanol–water partition coefficient (Wildman–Crippen LogP) is 2.99. The molecule has 0 aromatic heterocycles. The summed E-state index contributed by atoms with van der Waals surface area (Å²) < 4.78 is 0. The number of nitrogens with one attached hydrogen (secondary N) is 1. The van der Waals surface area contributed by atoms with Gasteiger partial charge in [-0.15, -0.1) is 0 Å². The largest absolute Gasteiger partial charge is 0.512 e. The van der Waals surface area contributed by atoms with E-state index in [0.717, 1.165) is 5.56 Å². The molecular formula is C19H24N2O3. The fourth-order valence-corrected chi connectivity index (χ4v) is 3.30. The number of aliphatic hydroxyl groups excluding tert-OH is 1. The molecule has 5 heteroatoms. The van der Waals surface area contributed by atoms with Gasteiger partial charge >= 0.3 is 11.8 Å². The van der Waals surface area contributed by atoms with Crippen molar-refractivity contribution in [3.63, 3.8) is 0 Å². The smallest absolute Gasteiger partial charge is 0.313 e. The molecule has 0 atom stereocenters. The van der Waals surface area contributed by atoms with Crippen molar-refractivity contribution >= 4 is 17.5 Å². The number of benzene rings is 1. The van der Waals surface area contributed by atoms with E-state index in [-0.39, 0.29) is 10.8 Å². The van der Waals surface area contributed by atoms with E-state index in [1.54, 1.807) is 4.90 Å². The van der Waals surface area contributed by atoms with Crippen LogP contribution in [0.5, 0.6) is 0 Å². The number of carbonyl (C=O) groups is 2. The van der Waals surface area contributed by atoms with Crippen LogP contribution in [-0.4, -0.2) is 34.9 Å². The molecule has 0 radical (unpaired) electrons. The quantitative estimate of drug-likeness (QED) is 0.779. The predicted molar refractivity (Wildman–Crippen MR) is 92.7 cm³/mol. The Morgan fingerprint density at radius 2 is 1.75 bits per heavy atom. The number of amides is 2. The molecule has 2 N–H and O–H groups in total. The highest BCUT2D eigenvalue weighted by Crippen LogP contribution is 2.50. The number of anilines is 1. The first-order valence-corrected chi connectivity index (χ1v) is 8.35. The van der Waals surface area contributed by atoms with Crippen LogP contribution in [0.3, 0.4) is 0 Å². The summed E-state index contributed by atoms with van der Waals surface area (Å²) in [6, 6.07) is 7.56. The van der Waals surface area contributed by atoms with E-state index in [4.69, 9.17) is 0 Å². The van der Waals surface area contributed by atoms with Crippen molar-refractivity contribution < 1.29 is 14.7 Å². The van der Waals surface area contributed by atoms with Crippen LogP contribution in [0.4, 0.5) is 5.69 Å². The molecular weight excluding hydrogens is 304 g/mol. The highest BCUT2D eigenvalue weighted by Gasteiger charge is 2.47. The van der Waals surface area contributed by atoms with Crippen molar-refractivity contribution in [2.75, 3.05) is 18.4 Å². The van der Waals surface area contributed by atoms with Crippen LogP contribution in [0.15, 0.2) is 36.1 Å². The Balaban J connectivity index is 1.64. The summed E-state index contributed by atoms with van der Waals surface area (Å²) >= 11 is 0. The molecule has 1 aliphatic heterocycles. The number of hydrogen-bond acceptors (Lipinski definition) is 3. The van der Waals surface area contributed by atoms with Crippen LogP contribution >= 0.6 is 0 Å². The number of para-hydroxylation sites is 1. The fourth-order valence-electron chi connectivity index (χ4n) is 3.30. The number of allylic oxidation sites excluding steroid dienone is 2. The molecule has 1 heterocycles. The van der Waals surface area contributed by atoms with Gasteiger partial charge in [0, 0.05) is 18.8 Å². The van der Waals surface area contributed by atoms with Gasteiger partial charge in [0.25, 0.3) is 0 Å². The standard InChI is InChI=1S/C19H24N2O3/c1-18(2,3)13-6-4-5-7-14(13)20-16(23)17(24)21-10-8-19(9-11-21)12-15(19)22/h4-7,12,22H,8-11H2,1-3H3,(H,20,23). The van der Waals surface area contributed by atoms with Gasteiger partial charge in [-0.2, -0.15) is 0 Å². The summed E-state index contributed by atoms with van der Waals surface area (Å²) in [6.07, 6.45) is 3.22. The van der Waals surface area contributed by atoms with Crippen LogP contribution < -0.4 is 5.32 Å². The van der Waals surface area contributed by atoms with E-state index in [9.17, 15) is 14.7 Å². The van der Waals surface area contributed by atoms with E-state index in [1.165, 1.54) is 0 Å². The summed E-state index contributed by atoms with van der Waals surface area (Å²) in [5.74, 6) is -0.678. The molecule has 1 fully saturated rings. The third kappa shape index (κ3) is 3.03. The Morgan fingerprint density at radius 1 is 1.17 bits per heavy atom. The summed E-state index contributed by atoms with van der Waals surface area (Å²) in [7, 11) is 0. The molecule has 0 unspecified atom stereocenters. The monoisotopic (exact) mass is 328 g/mol. The van der Waals surface area contributed by atoms with Crippen molar-refractivity contribution in [3.8, 4) is 0 Å². The van der Waals surface area contributed by atoms with Gasteiger partial charge in [-0.1, -0.05) is 39.0 Å². The van der Waals surface area contributed by atoms with E-state index in [1.807, 2.05) is 30.3 Å². The molecule has 0 saturated carbocycles. The molecule has 128 valence electrons. The van der Waals surface area contributed by atoms with Crippen molar-refractivity contribution in [2.24, 2.45) is 5.41 Å². The Morgan fingerprint density at radius 3 is 2.29 bits per heavy atom. The van der Waals surface area contributed by atoms with Gasteiger partial charge in [0.1, 0.15) is 0 Å². The molecule has 1 spiro atoms. The molecule has 2 amide bonds. The number of hydrogen-bond donors (Lipinski definition) is 2. The zero-order chi connectivity index (χ0) is 17.5. The number of aliphatic hydroxyl groups is 1. The fraction of sp³-hybridized carbons (Fsp3) is 0.474. The van der Waals surface area contributed by atoms with Crippen molar-refractivity contribution in [1.29, 1.82) is 0 Å². The SMILES string of the molecule is CC(C)(C)c1ccccc1NC(=O)C(=O)N1CCC2(C=C2O)CC1. The zero-order valence-corrected chi connectivity index (χ0v) is 14.4. The lowest BCUT2D eigenvalue weighted by atomic mass is 9.86. The van der Waals surface area contributed by atoms with Gasteiger partial charge in [0.15, 0.2) is 0 Å². The minimum atomic E-state index is -0.601. The lowest BCUT2D eigenvalue weighted by molar-refractivity contribution is -0.144. The van der Waals surface area contributed by atoms with Gasteiger partial charge in [-0.05, 0) is 36.0 Å². The van der Waals surface area contributed by atoms with Crippen LogP contribution in [0.25, 0.3) is 0 Å².